The van der Waals surface area contributed by atoms with Crippen molar-refractivity contribution in [2.45, 2.75) is 25.2 Å². The largest absolute Gasteiger partial charge is 0.497 e. The van der Waals surface area contributed by atoms with Crippen LogP contribution in [-0.4, -0.2) is 54.9 Å². The Morgan fingerprint density at radius 1 is 0.964 bits per heavy atom. The number of hydrogen-bond donors (Lipinski definition) is 0. The van der Waals surface area contributed by atoms with Crippen molar-refractivity contribution in [2.24, 2.45) is 0 Å². The third-order valence-electron chi connectivity index (χ3n) is 5.93. The van der Waals surface area contributed by atoms with E-state index in [9.17, 15) is 9.59 Å². The molecule has 146 valence electrons. The summed E-state index contributed by atoms with van der Waals surface area (Å²) in [5.41, 5.74) is 3.38. The first-order valence-electron chi connectivity index (χ1n) is 9.94. The van der Waals surface area contributed by atoms with Crippen molar-refractivity contribution in [1.29, 1.82) is 0 Å². The van der Waals surface area contributed by atoms with Gasteiger partial charge in [-0.1, -0.05) is 24.3 Å². The summed E-state index contributed by atoms with van der Waals surface area (Å²) < 4.78 is 5.14. The summed E-state index contributed by atoms with van der Waals surface area (Å²) >= 11 is 0. The first-order chi connectivity index (χ1) is 13.7. The SMILES string of the molecule is COc1ccc(C(=O)N2CCN(C(=O)C[C@@H]3CCc4ccccc43)CC2)cc1. The van der Waals surface area contributed by atoms with Gasteiger partial charge in [0.05, 0.1) is 7.11 Å². The Morgan fingerprint density at radius 2 is 1.64 bits per heavy atom. The van der Waals surface area contributed by atoms with Gasteiger partial charge in [-0.3, -0.25) is 9.59 Å². The zero-order chi connectivity index (χ0) is 19.5. The molecule has 5 nitrogen and oxygen atoms in total. The number of amides is 2. The Hall–Kier alpha value is -2.82. The molecule has 0 bridgehead atoms. The summed E-state index contributed by atoms with van der Waals surface area (Å²) in [6, 6.07) is 15.6. The number of carbonyl (C=O) groups is 2. The van der Waals surface area contributed by atoms with Crippen molar-refractivity contribution in [1.82, 2.24) is 9.80 Å². The molecular weight excluding hydrogens is 352 g/mol. The highest BCUT2D eigenvalue weighted by atomic mass is 16.5. The van der Waals surface area contributed by atoms with Crippen molar-refractivity contribution in [3.8, 4) is 5.75 Å². The number of nitrogens with zero attached hydrogens (tertiary/aromatic N) is 2. The average molecular weight is 378 g/mol. The maximum atomic E-state index is 12.8. The number of benzene rings is 2. The molecular formula is C23H26N2O3. The molecule has 2 aromatic rings. The van der Waals surface area contributed by atoms with Gasteiger partial charge in [0.1, 0.15) is 5.75 Å². The molecule has 0 saturated carbocycles. The summed E-state index contributed by atoms with van der Waals surface area (Å²) in [7, 11) is 1.61. The summed E-state index contributed by atoms with van der Waals surface area (Å²) in [4.78, 5) is 29.2. The predicted octanol–water partition coefficient (Wildman–Crippen LogP) is 3.10. The van der Waals surface area contributed by atoms with Crippen molar-refractivity contribution >= 4 is 11.8 Å². The topological polar surface area (TPSA) is 49.9 Å². The van der Waals surface area contributed by atoms with Gasteiger partial charge >= 0.3 is 0 Å². The highest BCUT2D eigenvalue weighted by molar-refractivity contribution is 5.94. The smallest absolute Gasteiger partial charge is 0.253 e. The molecule has 2 aliphatic rings. The quantitative estimate of drug-likeness (QED) is 0.821. The van der Waals surface area contributed by atoms with Crippen LogP contribution in [0.15, 0.2) is 48.5 Å². The molecule has 1 heterocycles. The van der Waals surface area contributed by atoms with Crippen LogP contribution in [-0.2, 0) is 11.2 Å². The van der Waals surface area contributed by atoms with Gasteiger partial charge in [0, 0.05) is 38.2 Å². The molecule has 0 aromatic heterocycles. The second kappa shape index (κ2) is 8.05. The van der Waals surface area contributed by atoms with E-state index in [1.54, 1.807) is 31.4 Å². The molecule has 0 radical (unpaired) electrons. The van der Waals surface area contributed by atoms with Gasteiger partial charge in [0.15, 0.2) is 0 Å². The van der Waals surface area contributed by atoms with Crippen LogP contribution in [0.3, 0.4) is 0 Å². The fourth-order valence-electron chi connectivity index (χ4n) is 4.27. The Bertz CT molecular complexity index is 854. The number of rotatable bonds is 4. The predicted molar refractivity (Wildman–Crippen MR) is 108 cm³/mol. The number of methoxy groups -OCH3 is 1. The maximum absolute atomic E-state index is 12.8. The Labute approximate surface area is 165 Å². The molecule has 0 unspecified atom stereocenters. The van der Waals surface area contributed by atoms with E-state index in [2.05, 4.69) is 24.3 Å². The maximum Gasteiger partial charge on any atom is 0.253 e. The second-order valence-corrected chi connectivity index (χ2v) is 7.54. The molecule has 4 rings (SSSR count). The second-order valence-electron chi connectivity index (χ2n) is 7.54. The van der Waals surface area contributed by atoms with Crippen molar-refractivity contribution in [3.05, 3.63) is 65.2 Å². The van der Waals surface area contributed by atoms with Crippen LogP contribution in [0.4, 0.5) is 0 Å². The van der Waals surface area contributed by atoms with Crippen LogP contribution in [0.5, 0.6) is 5.75 Å². The summed E-state index contributed by atoms with van der Waals surface area (Å²) in [6.07, 6.45) is 2.70. The molecule has 0 spiro atoms. The minimum absolute atomic E-state index is 0.0134. The van der Waals surface area contributed by atoms with Crippen LogP contribution in [0, 0.1) is 0 Å². The lowest BCUT2D eigenvalue weighted by atomic mass is 9.97. The standard InChI is InChI=1S/C23H26N2O3/c1-28-20-10-8-18(9-11-20)23(27)25-14-12-24(13-15-25)22(26)16-19-7-6-17-4-2-3-5-21(17)19/h2-5,8-11,19H,6-7,12-16H2,1H3/t19-/m0/s1. The van der Waals surface area contributed by atoms with Crippen LogP contribution in [0.25, 0.3) is 0 Å². The molecule has 28 heavy (non-hydrogen) atoms. The number of piperazine rings is 1. The molecule has 1 atom stereocenters. The lowest BCUT2D eigenvalue weighted by Crippen LogP contribution is -2.50. The normalized spacial score (nSPS) is 18.7. The van der Waals surface area contributed by atoms with Gasteiger partial charge in [-0.05, 0) is 54.2 Å². The monoisotopic (exact) mass is 378 g/mol. The Morgan fingerprint density at radius 3 is 2.36 bits per heavy atom. The minimum Gasteiger partial charge on any atom is -0.497 e. The van der Waals surface area contributed by atoms with E-state index >= 15 is 0 Å². The highest BCUT2D eigenvalue weighted by Crippen LogP contribution is 2.35. The Balaban J connectivity index is 1.31. The van der Waals surface area contributed by atoms with Crippen molar-refractivity contribution < 1.29 is 14.3 Å². The Kier molecular flexibility index (Phi) is 5.33. The summed E-state index contributed by atoms with van der Waals surface area (Å²) in [6.45, 7) is 2.37. The molecule has 1 aliphatic heterocycles. The van der Waals surface area contributed by atoms with Gasteiger partial charge in [0.2, 0.25) is 5.91 Å². The van der Waals surface area contributed by atoms with E-state index in [1.807, 2.05) is 9.80 Å². The van der Waals surface area contributed by atoms with Crippen LogP contribution >= 0.6 is 0 Å². The zero-order valence-electron chi connectivity index (χ0n) is 16.3. The van der Waals surface area contributed by atoms with E-state index in [0.29, 0.717) is 44.1 Å². The van der Waals surface area contributed by atoms with E-state index < -0.39 is 0 Å². The fraction of sp³-hybridized carbons (Fsp3) is 0.391. The number of carbonyl (C=O) groups excluding carboxylic acids is 2. The molecule has 2 aromatic carbocycles. The third-order valence-corrected chi connectivity index (χ3v) is 5.93. The number of fused-ring (bicyclic) bond motifs is 1. The fourth-order valence-corrected chi connectivity index (χ4v) is 4.27. The molecule has 0 N–H and O–H groups in total. The van der Waals surface area contributed by atoms with Crippen molar-refractivity contribution in [3.63, 3.8) is 0 Å². The van der Waals surface area contributed by atoms with Gasteiger partial charge in [0.25, 0.3) is 5.91 Å². The first kappa shape index (κ1) is 18.5. The summed E-state index contributed by atoms with van der Waals surface area (Å²) in [5, 5.41) is 0. The number of hydrogen-bond acceptors (Lipinski definition) is 3. The molecule has 5 heteroatoms. The molecule has 1 aliphatic carbocycles. The number of aryl methyl sites for hydroxylation is 1. The molecule has 1 fully saturated rings. The highest BCUT2D eigenvalue weighted by Gasteiger charge is 2.29. The van der Waals surface area contributed by atoms with Gasteiger partial charge in [-0.15, -0.1) is 0 Å². The zero-order valence-corrected chi connectivity index (χ0v) is 16.3. The minimum atomic E-state index is 0.0134. The lowest BCUT2D eigenvalue weighted by molar-refractivity contribution is -0.133. The first-order valence-corrected chi connectivity index (χ1v) is 9.94. The van der Waals surface area contributed by atoms with Crippen LogP contribution in [0.1, 0.15) is 40.2 Å². The van der Waals surface area contributed by atoms with E-state index in [4.69, 9.17) is 4.74 Å². The van der Waals surface area contributed by atoms with E-state index in [0.717, 1.165) is 18.6 Å². The average Bonchev–Trinajstić information content (AvgIpc) is 3.16. The number of ether oxygens (including phenoxy) is 1. The summed E-state index contributed by atoms with van der Waals surface area (Å²) in [5.74, 6) is 1.29. The van der Waals surface area contributed by atoms with Crippen molar-refractivity contribution in [2.75, 3.05) is 33.3 Å². The van der Waals surface area contributed by atoms with E-state index in [1.165, 1.54) is 11.1 Å². The van der Waals surface area contributed by atoms with Gasteiger partial charge in [-0.25, -0.2) is 0 Å². The van der Waals surface area contributed by atoms with Crippen LogP contribution < -0.4 is 4.74 Å². The molecule has 1 saturated heterocycles. The third kappa shape index (κ3) is 3.75. The van der Waals surface area contributed by atoms with Crippen LogP contribution in [0.2, 0.25) is 0 Å². The van der Waals surface area contributed by atoms with Gasteiger partial charge < -0.3 is 14.5 Å². The van der Waals surface area contributed by atoms with E-state index in [-0.39, 0.29) is 11.8 Å². The molecule has 2 amide bonds. The van der Waals surface area contributed by atoms with Gasteiger partial charge in [-0.2, -0.15) is 0 Å². The lowest BCUT2D eigenvalue weighted by Gasteiger charge is -2.35.